The van der Waals surface area contributed by atoms with Crippen LogP contribution in [-0.4, -0.2) is 54.1 Å². The normalized spacial score (nSPS) is 14.0. The molecule has 1 aliphatic heterocycles. The van der Waals surface area contributed by atoms with E-state index >= 15 is 0 Å². The number of anilines is 1. The molecule has 7 heteroatoms. The van der Waals surface area contributed by atoms with Gasteiger partial charge in [0.25, 0.3) is 5.91 Å². The Bertz CT molecular complexity index is 1210. The molecule has 0 aliphatic carbocycles. The fraction of sp³-hybridized carbons (Fsp3) is 0.231. The van der Waals surface area contributed by atoms with Crippen LogP contribution in [0.4, 0.5) is 5.69 Å². The number of para-hydroxylation sites is 2. The molecule has 0 radical (unpaired) electrons. The number of carbonyl (C=O) groups is 1. The van der Waals surface area contributed by atoms with Crippen LogP contribution >= 0.6 is 11.8 Å². The van der Waals surface area contributed by atoms with E-state index in [0.717, 1.165) is 52.0 Å². The Hall–Kier alpha value is -3.45. The average Bonchev–Trinajstić information content (AvgIpc) is 3.31. The fourth-order valence-electron chi connectivity index (χ4n) is 4.05. The van der Waals surface area contributed by atoms with Gasteiger partial charge in [0.15, 0.2) is 5.16 Å². The number of ether oxygens (including phenoxy) is 1. The van der Waals surface area contributed by atoms with Crippen LogP contribution in [0.1, 0.15) is 15.9 Å². The van der Waals surface area contributed by atoms with Crippen molar-refractivity contribution in [3.63, 3.8) is 0 Å². The monoisotopic (exact) mass is 458 g/mol. The molecule has 5 rings (SSSR count). The first-order chi connectivity index (χ1) is 16.2. The van der Waals surface area contributed by atoms with Crippen LogP contribution in [0.15, 0.2) is 78.0 Å². The number of aromatic nitrogens is 2. The van der Waals surface area contributed by atoms with E-state index in [1.165, 1.54) is 5.56 Å². The minimum absolute atomic E-state index is 0.0942. The van der Waals surface area contributed by atoms with Crippen LogP contribution in [0.3, 0.4) is 0 Å². The van der Waals surface area contributed by atoms with Gasteiger partial charge in [0, 0.05) is 49.2 Å². The number of hydrogen-bond donors (Lipinski definition) is 1. The van der Waals surface area contributed by atoms with Crippen molar-refractivity contribution in [3.05, 3.63) is 83.9 Å². The highest BCUT2D eigenvalue weighted by Crippen LogP contribution is 2.24. The number of nitrogens with zero attached hydrogens (tertiary/aromatic N) is 3. The van der Waals surface area contributed by atoms with Gasteiger partial charge in [-0.25, -0.2) is 4.98 Å². The summed E-state index contributed by atoms with van der Waals surface area (Å²) in [6.45, 7) is 3.04. The van der Waals surface area contributed by atoms with Crippen LogP contribution in [-0.2, 0) is 5.75 Å². The number of amides is 1. The summed E-state index contributed by atoms with van der Waals surface area (Å²) in [4.78, 5) is 25.2. The van der Waals surface area contributed by atoms with E-state index in [2.05, 4.69) is 20.9 Å². The van der Waals surface area contributed by atoms with Crippen molar-refractivity contribution in [1.82, 2.24) is 14.9 Å². The highest BCUT2D eigenvalue weighted by molar-refractivity contribution is 7.98. The van der Waals surface area contributed by atoms with Crippen molar-refractivity contribution in [3.8, 4) is 5.75 Å². The van der Waals surface area contributed by atoms with E-state index in [1.54, 1.807) is 18.9 Å². The smallest absolute Gasteiger partial charge is 0.253 e. The molecule has 4 aromatic rings. The topological polar surface area (TPSA) is 61.5 Å². The largest absolute Gasteiger partial charge is 0.497 e. The predicted octanol–water partition coefficient (Wildman–Crippen LogP) is 4.83. The van der Waals surface area contributed by atoms with Gasteiger partial charge < -0.3 is 19.5 Å². The minimum Gasteiger partial charge on any atom is -0.497 e. The lowest BCUT2D eigenvalue weighted by Gasteiger charge is -2.36. The van der Waals surface area contributed by atoms with Gasteiger partial charge in [0.1, 0.15) is 5.75 Å². The van der Waals surface area contributed by atoms with E-state index in [0.29, 0.717) is 13.1 Å². The zero-order chi connectivity index (χ0) is 22.6. The zero-order valence-corrected chi connectivity index (χ0v) is 19.3. The SMILES string of the molecule is COc1cccc(N2CCN(C(=O)c3ccc(CSc4nc5ccccc5[nH]4)cc3)CC2)c1. The van der Waals surface area contributed by atoms with Crippen LogP contribution in [0.25, 0.3) is 11.0 Å². The third kappa shape index (κ3) is 4.83. The molecule has 6 nitrogen and oxygen atoms in total. The molecule has 1 amide bonds. The quantitative estimate of drug-likeness (QED) is 0.420. The number of hydrogen-bond acceptors (Lipinski definition) is 5. The molecule has 0 spiro atoms. The Morgan fingerprint density at radius 2 is 1.79 bits per heavy atom. The first kappa shape index (κ1) is 21.4. The Kier molecular flexibility index (Phi) is 6.21. The van der Waals surface area contributed by atoms with E-state index < -0.39 is 0 Å². The third-order valence-corrected chi connectivity index (χ3v) is 6.87. The summed E-state index contributed by atoms with van der Waals surface area (Å²) in [7, 11) is 1.68. The van der Waals surface area contributed by atoms with Crippen LogP contribution in [0.2, 0.25) is 0 Å². The number of H-pyrrole nitrogens is 1. The van der Waals surface area contributed by atoms with Crippen molar-refractivity contribution < 1.29 is 9.53 Å². The van der Waals surface area contributed by atoms with Gasteiger partial charge in [-0.3, -0.25) is 4.79 Å². The standard InChI is InChI=1S/C26H26N4O2S/c1-32-22-6-4-5-21(17-22)29-13-15-30(16-14-29)25(31)20-11-9-19(10-12-20)18-33-26-27-23-7-2-3-8-24(23)28-26/h2-12,17H,13-16,18H2,1H3,(H,27,28). The number of thioether (sulfide) groups is 1. The van der Waals surface area contributed by atoms with Crippen molar-refractivity contribution in [2.45, 2.75) is 10.9 Å². The van der Waals surface area contributed by atoms with E-state index in [1.807, 2.05) is 71.6 Å². The summed E-state index contributed by atoms with van der Waals surface area (Å²) in [5.41, 5.74) is 5.06. The van der Waals surface area contributed by atoms with Gasteiger partial charge in [-0.2, -0.15) is 0 Å². The lowest BCUT2D eigenvalue weighted by molar-refractivity contribution is 0.0746. The maximum Gasteiger partial charge on any atom is 0.253 e. The van der Waals surface area contributed by atoms with Gasteiger partial charge in [-0.15, -0.1) is 0 Å². The molecule has 3 aromatic carbocycles. The van der Waals surface area contributed by atoms with E-state index in [9.17, 15) is 4.79 Å². The van der Waals surface area contributed by atoms with Gasteiger partial charge in [-0.1, -0.05) is 42.1 Å². The molecule has 0 bridgehead atoms. The Morgan fingerprint density at radius 3 is 2.55 bits per heavy atom. The lowest BCUT2D eigenvalue weighted by Crippen LogP contribution is -2.48. The second-order valence-corrected chi connectivity index (χ2v) is 8.99. The molecule has 1 aliphatic rings. The number of rotatable bonds is 6. The average molecular weight is 459 g/mol. The van der Waals surface area contributed by atoms with Crippen LogP contribution < -0.4 is 9.64 Å². The third-order valence-electron chi connectivity index (χ3n) is 5.93. The van der Waals surface area contributed by atoms with E-state index in [4.69, 9.17) is 4.74 Å². The van der Waals surface area contributed by atoms with Crippen LogP contribution in [0.5, 0.6) is 5.75 Å². The van der Waals surface area contributed by atoms with Gasteiger partial charge in [-0.05, 0) is 42.0 Å². The van der Waals surface area contributed by atoms with E-state index in [-0.39, 0.29) is 5.91 Å². The molecule has 168 valence electrons. The second kappa shape index (κ2) is 9.58. The molecule has 1 N–H and O–H groups in total. The van der Waals surface area contributed by atoms with Crippen molar-refractivity contribution in [1.29, 1.82) is 0 Å². The number of benzene rings is 3. The maximum absolute atomic E-state index is 13.0. The molecule has 1 aromatic heterocycles. The Labute approximate surface area is 197 Å². The number of piperazine rings is 1. The molecule has 2 heterocycles. The molecule has 1 fully saturated rings. The summed E-state index contributed by atoms with van der Waals surface area (Å²) in [6.07, 6.45) is 0. The second-order valence-electron chi connectivity index (χ2n) is 8.03. The first-order valence-corrected chi connectivity index (χ1v) is 12.0. The number of carbonyl (C=O) groups excluding carboxylic acids is 1. The summed E-state index contributed by atoms with van der Waals surface area (Å²) >= 11 is 1.67. The summed E-state index contributed by atoms with van der Waals surface area (Å²) < 4.78 is 5.33. The van der Waals surface area contributed by atoms with Gasteiger partial charge in [0.05, 0.1) is 18.1 Å². The van der Waals surface area contributed by atoms with Crippen molar-refractivity contribution >= 4 is 34.4 Å². The summed E-state index contributed by atoms with van der Waals surface area (Å²) in [5, 5.41) is 0.908. The van der Waals surface area contributed by atoms with Gasteiger partial charge >= 0.3 is 0 Å². The van der Waals surface area contributed by atoms with Gasteiger partial charge in [0.2, 0.25) is 0 Å². The van der Waals surface area contributed by atoms with Crippen LogP contribution in [0, 0.1) is 0 Å². The molecule has 0 atom stereocenters. The lowest BCUT2D eigenvalue weighted by atomic mass is 10.1. The fourth-order valence-corrected chi connectivity index (χ4v) is 4.89. The van der Waals surface area contributed by atoms with Crippen molar-refractivity contribution in [2.75, 3.05) is 38.2 Å². The van der Waals surface area contributed by atoms with Crippen molar-refractivity contribution in [2.24, 2.45) is 0 Å². The predicted molar refractivity (Wildman–Crippen MR) is 133 cm³/mol. The molecular weight excluding hydrogens is 432 g/mol. The molecule has 0 saturated carbocycles. The highest BCUT2D eigenvalue weighted by atomic mass is 32.2. The Morgan fingerprint density at radius 1 is 1.00 bits per heavy atom. The molecule has 1 saturated heterocycles. The highest BCUT2D eigenvalue weighted by Gasteiger charge is 2.22. The number of aromatic amines is 1. The maximum atomic E-state index is 13.0. The number of nitrogens with one attached hydrogen (secondary N) is 1. The Balaban J connectivity index is 1.16. The molecule has 0 unspecified atom stereocenters. The number of imidazole rings is 1. The molecular formula is C26H26N4O2S. The number of methoxy groups -OCH3 is 1. The minimum atomic E-state index is 0.0942. The first-order valence-electron chi connectivity index (χ1n) is 11.0. The number of fused-ring (bicyclic) bond motifs is 1. The summed E-state index contributed by atoms with van der Waals surface area (Å²) in [5.74, 6) is 1.74. The molecule has 33 heavy (non-hydrogen) atoms. The zero-order valence-electron chi connectivity index (χ0n) is 18.5. The summed E-state index contributed by atoms with van der Waals surface area (Å²) in [6, 6.07) is 24.1.